The largest absolute Gasteiger partial charge is 0.497 e. The van der Waals surface area contributed by atoms with Gasteiger partial charge in [0.1, 0.15) is 5.75 Å². The Kier molecular flexibility index (Phi) is 3.30. The molecule has 0 saturated carbocycles. The number of hydrogen-bond donors (Lipinski definition) is 2. The van der Waals surface area contributed by atoms with Crippen molar-refractivity contribution in [3.05, 3.63) is 29.8 Å². The van der Waals surface area contributed by atoms with E-state index in [1.807, 2.05) is 0 Å². The number of nitrogens with zero attached hydrogens (tertiary/aromatic N) is 1. The van der Waals surface area contributed by atoms with Gasteiger partial charge in [-0.25, -0.2) is 15.6 Å². The highest BCUT2D eigenvalue weighted by molar-refractivity contribution is 5.64. The summed E-state index contributed by atoms with van der Waals surface area (Å²) < 4.78 is 4.99. The molecule has 76 valence electrons. The Bertz CT molecular complexity index is 328. The molecular formula is C9H12N2O3. The summed E-state index contributed by atoms with van der Waals surface area (Å²) in [6.45, 7) is 0.145. The maximum absolute atomic E-state index is 10.4. The van der Waals surface area contributed by atoms with Crippen LogP contribution in [0.25, 0.3) is 0 Å². The van der Waals surface area contributed by atoms with Gasteiger partial charge >= 0.3 is 6.09 Å². The third-order valence-electron chi connectivity index (χ3n) is 1.73. The molecule has 0 aliphatic heterocycles. The second-order valence-corrected chi connectivity index (χ2v) is 2.76. The fourth-order valence-electron chi connectivity index (χ4n) is 1.04. The van der Waals surface area contributed by atoms with Crippen molar-refractivity contribution in [1.29, 1.82) is 0 Å². The van der Waals surface area contributed by atoms with Crippen molar-refractivity contribution in [3.63, 3.8) is 0 Å². The summed E-state index contributed by atoms with van der Waals surface area (Å²) in [6.07, 6.45) is -1.16. The van der Waals surface area contributed by atoms with Crippen LogP contribution in [0, 0.1) is 0 Å². The Balaban J connectivity index is 2.71. The molecule has 1 aromatic carbocycles. The summed E-state index contributed by atoms with van der Waals surface area (Å²) in [6, 6.07) is 7.09. The van der Waals surface area contributed by atoms with E-state index in [1.165, 1.54) is 0 Å². The number of benzene rings is 1. The average Bonchev–Trinajstić information content (AvgIpc) is 2.18. The van der Waals surface area contributed by atoms with E-state index in [0.717, 1.165) is 10.6 Å². The van der Waals surface area contributed by atoms with Crippen LogP contribution in [-0.4, -0.2) is 23.3 Å². The van der Waals surface area contributed by atoms with E-state index in [0.29, 0.717) is 5.75 Å². The van der Waals surface area contributed by atoms with Crippen LogP contribution in [-0.2, 0) is 6.54 Å². The van der Waals surface area contributed by atoms with Crippen molar-refractivity contribution in [2.75, 3.05) is 7.11 Å². The minimum atomic E-state index is -1.16. The SMILES string of the molecule is COc1cccc(CN(N)C(=O)O)c1. The molecule has 3 N–H and O–H groups in total. The molecule has 0 aliphatic carbocycles. The fraction of sp³-hybridized carbons (Fsp3) is 0.222. The lowest BCUT2D eigenvalue weighted by molar-refractivity contribution is 0.143. The number of hydrazine groups is 1. The maximum atomic E-state index is 10.4. The zero-order valence-corrected chi connectivity index (χ0v) is 7.80. The highest BCUT2D eigenvalue weighted by Crippen LogP contribution is 2.13. The van der Waals surface area contributed by atoms with E-state index in [9.17, 15) is 4.79 Å². The molecule has 0 bridgehead atoms. The minimum Gasteiger partial charge on any atom is -0.497 e. The van der Waals surface area contributed by atoms with Crippen molar-refractivity contribution >= 4 is 6.09 Å². The fourth-order valence-corrected chi connectivity index (χ4v) is 1.04. The van der Waals surface area contributed by atoms with Crippen LogP contribution in [0.3, 0.4) is 0 Å². The van der Waals surface area contributed by atoms with Crippen molar-refractivity contribution in [3.8, 4) is 5.75 Å². The summed E-state index contributed by atoms with van der Waals surface area (Å²) in [4.78, 5) is 10.4. The van der Waals surface area contributed by atoms with Crippen molar-refractivity contribution in [1.82, 2.24) is 5.01 Å². The Morgan fingerprint density at radius 2 is 2.36 bits per heavy atom. The molecule has 0 atom stereocenters. The highest BCUT2D eigenvalue weighted by atomic mass is 16.5. The molecule has 5 heteroatoms. The molecule has 0 saturated heterocycles. The van der Waals surface area contributed by atoms with E-state index in [1.54, 1.807) is 31.4 Å². The first-order valence-corrected chi connectivity index (χ1v) is 4.01. The van der Waals surface area contributed by atoms with E-state index in [-0.39, 0.29) is 6.54 Å². The number of carboxylic acid groups (broad SMARTS) is 1. The summed E-state index contributed by atoms with van der Waals surface area (Å²) >= 11 is 0. The minimum absolute atomic E-state index is 0.145. The molecule has 1 rings (SSSR count). The zero-order chi connectivity index (χ0) is 10.6. The Labute approximate surface area is 81.7 Å². The van der Waals surface area contributed by atoms with E-state index in [2.05, 4.69) is 0 Å². The molecule has 1 amide bonds. The van der Waals surface area contributed by atoms with Crippen LogP contribution >= 0.6 is 0 Å². The van der Waals surface area contributed by atoms with E-state index >= 15 is 0 Å². The average molecular weight is 196 g/mol. The van der Waals surface area contributed by atoms with Crippen LogP contribution < -0.4 is 10.6 Å². The molecule has 0 radical (unpaired) electrons. The molecule has 5 nitrogen and oxygen atoms in total. The maximum Gasteiger partial charge on any atom is 0.421 e. The molecule has 14 heavy (non-hydrogen) atoms. The molecular weight excluding hydrogens is 184 g/mol. The van der Waals surface area contributed by atoms with Crippen molar-refractivity contribution in [2.24, 2.45) is 5.84 Å². The molecule has 0 aliphatic rings. The first-order chi connectivity index (χ1) is 6.63. The predicted molar refractivity (Wildman–Crippen MR) is 50.7 cm³/mol. The number of amides is 1. The quantitative estimate of drug-likeness (QED) is 0.430. The molecule has 0 heterocycles. The summed E-state index contributed by atoms with van der Waals surface area (Å²) in [5.41, 5.74) is 0.786. The Morgan fingerprint density at radius 1 is 1.64 bits per heavy atom. The standard InChI is InChI=1S/C9H12N2O3/c1-14-8-4-2-3-7(5-8)6-11(10)9(12)13/h2-5H,6,10H2,1H3,(H,12,13). The number of methoxy groups -OCH3 is 1. The predicted octanol–water partition coefficient (Wildman–Crippen LogP) is 1.05. The van der Waals surface area contributed by atoms with Gasteiger partial charge in [0.15, 0.2) is 0 Å². The second kappa shape index (κ2) is 4.48. The first kappa shape index (κ1) is 10.3. The topological polar surface area (TPSA) is 75.8 Å². The number of rotatable bonds is 3. The van der Waals surface area contributed by atoms with Gasteiger partial charge in [-0.2, -0.15) is 0 Å². The third-order valence-corrected chi connectivity index (χ3v) is 1.73. The van der Waals surface area contributed by atoms with E-state index in [4.69, 9.17) is 15.7 Å². The van der Waals surface area contributed by atoms with Crippen LogP contribution in [0.2, 0.25) is 0 Å². The van der Waals surface area contributed by atoms with Gasteiger partial charge in [0.2, 0.25) is 0 Å². The van der Waals surface area contributed by atoms with Gasteiger partial charge in [-0.1, -0.05) is 12.1 Å². The van der Waals surface area contributed by atoms with Crippen molar-refractivity contribution in [2.45, 2.75) is 6.54 Å². The summed E-state index contributed by atoms with van der Waals surface area (Å²) in [5, 5.41) is 9.26. The van der Waals surface area contributed by atoms with Gasteiger partial charge < -0.3 is 9.84 Å². The molecule has 0 fully saturated rings. The number of ether oxygens (including phenoxy) is 1. The van der Waals surface area contributed by atoms with Crippen LogP contribution in [0.5, 0.6) is 5.75 Å². The smallest absolute Gasteiger partial charge is 0.421 e. The summed E-state index contributed by atoms with van der Waals surface area (Å²) in [5.74, 6) is 5.91. The Hall–Kier alpha value is -1.75. The van der Waals surface area contributed by atoms with Gasteiger partial charge in [0.25, 0.3) is 0 Å². The monoisotopic (exact) mass is 196 g/mol. The first-order valence-electron chi connectivity index (χ1n) is 4.01. The van der Waals surface area contributed by atoms with Gasteiger partial charge in [0, 0.05) is 0 Å². The molecule has 0 unspecified atom stereocenters. The number of carbonyl (C=O) groups is 1. The summed E-state index contributed by atoms with van der Waals surface area (Å²) in [7, 11) is 1.55. The lowest BCUT2D eigenvalue weighted by Gasteiger charge is -2.12. The van der Waals surface area contributed by atoms with Crippen LogP contribution in [0.4, 0.5) is 4.79 Å². The van der Waals surface area contributed by atoms with Gasteiger partial charge in [-0.15, -0.1) is 0 Å². The lowest BCUT2D eigenvalue weighted by atomic mass is 10.2. The van der Waals surface area contributed by atoms with Crippen LogP contribution in [0.1, 0.15) is 5.56 Å². The van der Waals surface area contributed by atoms with Gasteiger partial charge in [0.05, 0.1) is 13.7 Å². The molecule has 1 aromatic rings. The highest BCUT2D eigenvalue weighted by Gasteiger charge is 2.06. The third kappa shape index (κ3) is 2.63. The zero-order valence-electron chi connectivity index (χ0n) is 7.80. The molecule has 0 spiro atoms. The van der Waals surface area contributed by atoms with Crippen LogP contribution in [0.15, 0.2) is 24.3 Å². The van der Waals surface area contributed by atoms with Crippen molar-refractivity contribution < 1.29 is 14.6 Å². The molecule has 0 aromatic heterocycles. The second-order valence-electron chi connectivity index (χ2n) is 2.76. The Morgan fingerprint density at radius 3 is 2.93 bits per heavy atom. The van der Waals surface area contributed by atoms with Gasteiger partial charge in [-0.05, 0) is 17.7 Å². The lowest BCUT2D eigenvalue weighted by Crippen LogP contribution is -2.35. The normalized spacial score (nSPS) is 9.57. The number of hydrogen-bond acceptors (Lipinski definition) is 3. The van der Waals surface area contributed by atoms with Gasteiger partial charge in [-0.3, -0.25) is 0 Å². The number of nitrogens with two attached hydrogens (primary N) is 1. The van der Waals surface area contributed by atoms with E-state index < -0.39 is 6.09 Å².